The van der Waals surface area contributed by atoms with Crippen LogP contribution >= 0.6 is 0 Å². The van der Waals surface area contributed by atoms with Gasteiger partial charge < -0.3 is 5.84 Å². The van der Waals surface area contributed by atoms with Gasteiger partial charge in [-0.25, -0.2) is 8.42 Å². The molecule has 0 saturated heterocycles. The zero-order valence-electron chi connectivity index (χ0n) is 11.6. The molecule has 0 atom stereocenters. The van der Waals surface area contributed by atoms with Crippen molar-refractivity contribution in [3.63, 3.8) is 0 Å². The van der Waals surface area contributed by atoms with Crippen molar-refractivity contribution in [1.82, 2.24) is 0 Å². The molecule has 2 rings (SSSR count). The number of rotatable bonds is 4. The summed E-state index contributed by atoms with van der Waals surface area (Å²) in [6, 6.07) is 9.53. The molecule has 23 heavy (non-hydrogen) atoms. The first-order valence-electron chi connectivity index (χ1n) is 6.26. The van der Waals surface area contributed by atoms with E-state index in [4.69, 9.17) is 5.84 Å². The normalized spacial score (nSPS) is 12.5. The van der Waals surface area contributed by atoms with Crippen molar-refractivity contribution in [3.05, 3.63) is 59.7 Å². The van der Waals surface area contributed by atoms with Crippen molar-refractivity contribution < 1.29 is 21.6 Å². The monoisotopic (exact) mass is 343 g/mol. The minimum atomic E-state index is -4.53. The van der Waals surface area contributed by atoms with Crippen molar-refractivity contribution in [2.75, 3.05) is 4.72 Å². The van der Waals surface area contributed by atoms with Gasteiger partial charge in [0, 0.05) is 5.56 Å². The van der Waals surface area contributed by atoms with Gasteiger partial charge in [0.15, 0.2) is 0 Å². The molecule has 0 saturated carbocycles. The third-order valence-corrected chi connectivity index (χ3v) is 4.29. The Labute approximate surface area is 130 Å². The molecule has 0 radical (unpaired) electrons. The second kappa shape index (κ2) is 6.29. The predicted octanol–water partition coefficient (Wildman–Crippen LogP) is 2.80. The second-order valence-corrected chi connectivity index (χ2v) is 6.18. The van der Waals surface area contributed by atoms with E-state index >= 15 is 0 Å². The number of sulfonamides is 1. The lowest BCUT2D eigenvalue weighted by Crippen LogP contribution is -2.15. The second-order valence-electron chi connectivity index (χ2n) is 4.49. The molecule has 0 bridgehead atoms. The smallest absolute Gasteiger partial charge is 0.323 e. The maximum Gasteiger partial charge on any atom is 0.416 e. The Morgan fingerprint density at radius 2 is 1.65 bits per heavy atom. The van der Waals surface area contributed by atoms with E-state index in [1.807, 2.05) is 0 Å². The largest absolute Gasteiger partial charge is 0.416 e. The fourth-order valence-electron chi connectivity index (χ4n) is 1.81. The number of hydrogen-bond acceptors (Lipinski definition) is 4. The lowest BCUT2D eigenvalue weighted by molar-refractivity contribution is -0.137. The Bertz CT molecular complexity index is 816. The molecule has 0 heterocycles. The lowest BCUT2D eigenvalue weighted by atomic mass is 10.2. The maximum absolute atomic E-state index is 12.5. The topological polar surface area (TPSA) is 84.5 Å². The fourth-order valence-corrected chi connectivity index (χ4v) is 2.90. The molecule has 0 amide bonds. The molecular formula is C14H12F3N3O2S. The third-order valence-electron chi connectivity index (χ3n) is 2.91. The zero-order valence-corrected chi connectivity index (χ0v) is 12.4. The van der Waals surface area contributed by atoms with Crippen LogP contribution < -0.4 is 10.6 Å². The van der Waals surface area contributed by atoms with Gasteiger partial charge in [0.2, 0.25) is 0 Å². The molecule has 5 nitrogen and oxygen atoms in total. The molecule has 0 fully saturated rings. The van der Waals surface area contributed by atoms with Crippen LogP contribution in [-0.2, 0) is 16.2 Å². The molecule has 0 aliphatic heterocycles. The van der Waals surface area contributed by atoms with Gasteiger partial charge in [-0.3, -0.25) is 4.72 Å². The number of nitrogens with two attached hydrogens (primary N) is 1. The van der Waals surface area contributed by atoms with Gasteiger partial charge in [0.1, 0.15) is 0 Å². The van der Waals surface area contributed by atoms with Crippen LogP contribution in [0, 0.1) is 0 Å². The van der Waals surface area contributed by atoms with Crippen LogP contribution in [0.15, 0.2) is 58.5 Å². The van der Waals surface area contributed by atoms with Crippen LogP contribution in [0.4, 0.5) is 18.9 Å². The van der Waals surface area contributed by atoms with E-state index in [2.05, 4.69) is 9.82 Å². The summed E-state index contributed by atoms with van der Waals surface area (Å²) in [6.45, 7) is 0. The minimum absolute atomic E-state index is 0.210. The average molecular weight is 343 g/mol. The number of anilines is 1. The fraction of sp³-hybridized carbons (Fsp3) is 0.0714. The molecule has 9 heteroatoms. The Kier molecular flexibility index (Phi) is 4.60. The van der Waals surface area contributed by atoms with E-state index in [9.17, 15) is 21.6 Å². The number of hydrazone groups is 1. The van der Waals surface area contributed by atoms with Gasteiger partial charge >= 0.3 is 6.18 Å². The van der Waals surface area contributed by atoms with Crippen molar-refractivity contribution in [3.8, 4) is 0 Å². The van der Waals surface area contributed by atoms with Crippen LogP contribution in [0.1, 0.15) is 11.1 Å². The summed E-state index contributed by atoms with van der Waals surface area (Å²) in [5, 5.41) is 3.32. The highest BCUT2D eigenvalue weighted by Crippen LogP contribution is 2.30. The van der Waals surface area contributed by atoms with E-state index < -0.39 is 21.8 Å². The van der Waals surface area contributed by atoms with Gasteiger partial charge in [0.05, 0.1) is 22.4 Å². The number of alkyl halides is 3. The average Bonchev–Trinajstić information content (AvgIpc) is 2.48. The summed E-state index contributed by atoms with van der Waals surface area (Å²) in [7, 11) is -4.04. The van der Waals surface area contributed by atoms with Gasteiger partial charge in [0.25, 0.3) is 10.0 Å². The number of hydrogen-bond donors (Lipinski definition) is 2. The van der Waals surface area contributed by atoms with Crippen LogP contribution in [-0.4, -0.2) is 14.6 Å². The molecule has 3 N–H and O–H groups in total. The van der Waals surface area contributed by atoms with Crippen LogP contribution in [0.2, 0.25) is 0 Å². The Morgan fingerprint density at radius 3 is 2.22 bits per heavy atom. The van der Waals surface area contributed by atoms with Crippen molar-refractivity contribution in [2.24, 2.45) is 10.9 Å². The number of nitrogens with one attached hydrogen (secondary N) is 1. The van der Waals surface area contributed by atoms with Crippen LogP contribution in [0.25, 0.3) is 0 Å². The molecule has 2 aromatic carbocycles. The van der Waals surface area contributed by atoms with Gasteiger partial charge in [-0.2, -0.15) is 18.3 Å². The first-order chi connectivity index (χ1) is 10.7. The van der Waals surface area contributed by atoms with Crippen molar-refractivity contribution in [2.45, 2.75) is 11.1 Å². The Hall–Kier alpha value is -2.55. The van der Waals surface area contributed by atoms with Gasteiger partial charge in [-0.1, -0.05) is 18.2 Å². The standard InChI is InChI=1S/C14H12F3N3O2S/c15-14(16,17)11-5-7-12(8-6-11)23(21,22)20-13-4-2-1-3-10(13)9-19-18/h1-9,20H,18H2/b19-9+. The molecule has 2 aromatic rings. The molecule has 0 aliphatic rings. The Balaban J connectivity index is 2.33. The first-order valence-corrected chi connectivity index (χ1v) is 7.75. The summed E-state index contributed by atoms with van der Waals surface area (Å²) in [6.07, 6.45) is -3.27. The van der Waals surface area contributed by atoms with Crippen molar-refractivity contribution in [1.29, 1.82) is 0 Å². The van der Waals surface area contributed by atoms with E-state index in [0.717, 1.165) is 12.1 Å². The third kappa shape index (κ3) is 4.01. The summed E-state index contributed by atoms with van der Waals surface area (Å²) >= 11 is 0. The van der Waals surface area contributed by atoms with Gasteiger partial charge in [-0.05, 0) is 30.3 Å². The molecular weight excluding hydrogens is 331 g/mol. The van der Waals surface area contributed by atoms with Crippen molar-refractivity contribution >= 4 is 21.9 Å². The maximum atomic E-state index is 12.5. The lowest BCUT2D eigenvalue weighted by Gasteiger charge is -2.11. The number of nitrogens with zero attached hydrogens (tertiary/aromatic N) is 1. The first kappa shape index (κ1) is 16.8. The van der Waals surface area contributed by atoms with E-state index in [1.165, 1.54) is 12.3 Å². The highest BCUT2D eigenvalue weighted by atomic mass is 32.2. The van der Waals surface area contributed by atoms with E-state index in [1.54, 1.807) is 18.2 Å². The van der Waals surface area contributed by atoms with E-state index in [-0.39, 0.29) is 10.6 Å². The summed E-state index contributed by atoms with van der Waals surface area (Å²) < 4.78 is 64.3. The van der Waals surface area contributed by atoms with E-state index in [0.29, 0.717) is 17.7 Å². The molecule has 0 spiro atoms. The summed E-state index contributed by atoms with van der Waals surface area (Å²) in [5.41, 5.74) is -0.292. The molecule has 0 aromatic heterocycles. The summed E-state index contributed by atoms with van der Waals surface area (Å²) in [5.74, 6) is 5.05. The number of benzene rings is 2. The number of halogens is 3. The predicted molar refractivity (Wildman–Crippen MR) is 80.5 cm³/mol. The number of para-hydroxylation sites is 1. The highest BCUT2D eigenvalue weighted by molar-refractivity contribution is 7.92. The SMILES string of the molecule is N/N=C/c1ccccc1NS(=O)(=O)c1ccc(C(F)(F)F)cc1. The quantitative estimate of drug-likeness (QED) is 0.509. The minimum Gasteiger partial charge on any atom is -0.323 e. The highest BCUT2D eigenvalue weighted by Gasteiger charge is 2.30. The summed E-state index contributed by atoms with van der Waals surface area (Å²) in [4.78, 5) is -0.287. The van der Waals surface area contributed by atoms with Crippen LogP contribution in [0.5, 0.6) is 0 Å². The van der Waals surface area contributed by atoms with Gasteiger partial charge in [-0.15, -0.1) is 0 Å². The zero-order chi connectivity index (χ0) is 17.1. The Morgan fingerprint density at radius 1 is 1.04 bits per heavy atom. The molecule has 0 unspecified atom stereocenters. The molecule has 0 aliphatic carbocycles. The van der Waals surface area contributed by atoms with Crippen LogP contribution in [0.3, 0.4) is 0 Å². The molecule has 122 valence electrons.